The molecule has 1 fully saturated rings. The zero-order chi connectivity index (χ0) is 8.32. The summed E-state index contributed by atoms with van der Waals surface area (Å²) in [6.07, 6.45) is 3.52. The summed E-state index contributed by atoms with van der Waals surface area (Å²) < 4.78 is 5.55. The van der Waals surface area contributed by atoms with Crippen molar-refractivity contribution in [2.24, 2.45) is 5.92 Å². The zero-order valence-corrected chi connectivity index (χ0v) is 7.47. The molecule has 0 bridgehead atoms. The number of rotatable bonds is 5. The topological polar surface area (TPSA) is 29.5 Å². The Hall–Kier alpha value is -0.0800. The van der Waals surface area contributed by atoms with Gasteiger partial charge >= 0.3 is 0 Å². The summed E-state index contributed by atoms with van der Waals surface area (Å²) >= 11 is 0. The van der Waals surface area contributed by atoms with E-state index in [2.05, 4.69) is 13.8 Å². The van der Waals surface area contributed by atoms with Crippen LogP contribution >= 0.6 is 0 Å². The highest BCUT2D eigenvalue weighted by Gasteiger charge is 2.43. The van der Waals surface area contributed by atoms with Gasteiger partial charge in [-0.3, -0.25) is 0 Å². The van der Waals surface area contributed by atoms with Crippen molar-refractivity contribution in [3.05, 3.63) is 0 Å². The molecule has 0 amide bonds. The average molecular weight is 158 g/mol. The molecule has 1 rings (SSSR count). The van der Waals surface area contributed by atoms with Crippen molar-refractivity contribution >= 4 is 0 Å². The van der Waals surface area contributed by atoms with Crippen LogP contribution in [0.25, 0.3) is 0 Å². The van der Waals surface area contributed by atoms with Gasteiger partial charge in [-0.2, -0.15) is 0 Å². The fourth-order valence-electron chi connectivity index (χ4n) is 1.55. The Bertz CT molecular complexity index is 117. The van der Waals surface area contributed by atoms with E-state index in [4.69, 9.17) is 9.84 Å². The molecule has 0 unspecified atom stereocenters. The van der Waals surface area contributed by atoms with Gasteiger partial charge in [0.1, 0.15) is 0 Å². The summed E-state index contributed by atoms with van der Waals surface area (Å²) in [6, 6.07) is 0. The maximum absolute atomic E-state index is 8.57. The predicted molar refractivity (Wildman–Crippen MR) is 44.5 cm³/mol. The highest BCUT2D eigenvalue weighted by atomic mass is 16.5. The van der Waals surface area contributed by atoms with Gasteiger partial charge in [0.15, 0.2) is 0 Å². The lowest BCUT2D eigenvalue weighted by Gasteiger charge is -2.17. The van der Waals surface area contributed by atoms with E-state index in [1.165, 1.54) is 12.8 Å². The molecule has 0 saturated heterocycles. The van der Waals surface area contributed by atoms with E-state index >= 15 is 0 Å². The maximum Gasteiger partial charge on any atom is 0.0705 e. The van der Waals surface area contributed by atoms with Crippen molar-refractivity contribution in [3.63, 3.8) is 0 Å². The minimum atomic E-state index is 0.153. The van der Waals surface area contributed by atoms with Gasteiger partial charge < -0.3 is 9.84 Å². The molecule has 11 heavy (non-hydrogen) atoms. The molecule has 0 aromatic heterocycles. The smallest absolute Gasteiger partial charge is 0.0705 e. The number of hydrogen-bond acceptors (Lipinski definition) is 2. The Labute approximate surface area is 68.6 Å². The Balaban J connectivity index is 2.18. The molecule has 66 valence electrons. The Kier molecular flexibility index (Phi) is 2.90. The molecule has 0 spiro atoms. The second-order valence-corrected chi connectivity index (χ2v) is 3.85. The number of aliphatic hydroxyl groups is 1. The first-order valence-corrected chi connectivity index (χ1v) is 4.43. The third-order valence-electron chi connectivity index (χ3n) is 2.09. The van der Waals surface area contributed by atoms with Gasteiger partial charge in [-0.1, -0.05) is 13.8 Å². The van der Waals surface area contributed by atoms with Crippen LogP contribution in [0.2, 0.25) is 0 Å². The van der Waals surface area contributed by atoms with Crippen molar-refractivity contribution in [3.8, 4) is 0 Å². The summed E-state index contributed by atoms with van der Waals surface area (Å²) in [5, 5.41) is 8.57. The minimum Gasteiger partial charge on any atom is -0.394 e. The summed E-state index contributed by atoms with van der Waals surface area (Å²) in [7, 11) is 0. The van der Waals surface area contributed by atoms with Gasteiger partial charge in [0.2, 0.25) is 0 Å². The van der Waals surface area contributed by atoms with Gasteiger partial charge in [-0.15, -0.1) is 0 Å². The molecular weight excluding hydrogens is 140 g/mol. The van der Waals surface area contributed by atoms with Crippen LogP contribution in [0.1, 0.15) is 33.1 Å². The fourth-order valence-corrected chi connectivity index (χ4v) is 1.55. The Morgan fingerprint density at radius 1 is 1.45 bits per heavy atom. The molecule has 0 aliphatic heterocycles. The van der Waals surface area contributed by atoms with Crippen molar-refractivity contribution < 1.29 is 9.84 Å². The van der Waals surface area contributed by atoms with Crippen LogP contribution < -0.4 is 0 Å². The van der Waals surface area contributed by atoms with Crippen LogP contribution in [-0.2, 0) is 4.74 Å². The monoisotopic (exact) mass is 158 g/mol. The molecule has 1 saturated carbocycles. The highest BCUT2D eigenvalue weighted by molar-refractivity contribution is 4.96. The standard InChI is InChI=1S/C9H18O2/c1-8(2)7-9(3-4-9)11-6-5-10/h8,10H,3-7H2,1-2H3. The molecule has 2 nitrogen and oxygen atoms in total. The van der Waals surface area contributed by atoms with Crippen molar-refractivity contribution in [2.75, 3.05) is 13.2 Å². The highest BCUT2D eigenvalue weighted by Crippen LogP contribution is 2.44. The molecule has 0 radical (unpaired) electrons. The molecule has 0 atom stereocenters. The minimum absolute atomic E-state index is 0.153. The summed E-state index contributed by atoms with van der Waals surface area (Å²) in [5.41, 5.74) is 0.164. The van der Waals surface area contributed by atoms with E-state index in [0.717, 1.165) is 6.42 Å². The van der Waals surface area contributed by atoms with Crippen molar-refractivity contribution in [1.29, 1.82) is 0 Å². The predicted octanol–water partition coefficient (Wildman–Crippen LogP) is 1.57. The maximum atomic E-state index is 8.57. The summed E-state index contributed by atoms with van der Waals surface area (Å²) in [5.74, 6) is 0.705. The molecule has 1 aliphatic carbocycles. The summed E-state index contributed by atoms with van der Waals surface area (Å²) in [6.45, 7) is 5.08. The zero-order valence-electron chi connectivity index (χ0n) is 7.47. The van der Waals surface area contributed by atoms with E-state index in [-0.39, 0.29) is 12.2 Å². The molecule has 0 aromatic carbocycles. The van der Waals surface area contributed by atoms with Crippen molar-refractivity contribution in [1.82, 2.24) is 0 Å². The Morgan fingerprint density at radius 3 is 2.45 bits per heavy atom. The molecule has 1 aliphatic rings. The first-order valence-electron chi connectivity index (χ1n) is 4.43. The average Bonchev–Trinajstić information content (AvgIpc) is 2.64. The van der Waals surface area contributed by atoms with E-state index in [1.807, 2.05) is 0 Å². The lowest BCUT2D eigenvalue weighted by Crippen LogP contribution is -2.18. The van der Waals surface area contributed by atoms with Gasteiger partial charge in [-0.25, -0.2) is 0 Å². The number of ether oxygens (including phenoxy) is 1. The largest absolute Gasteiger partial charge is 0.394 e. The number of aliphatic hydroxyl groups excluding tert-OH is 1. The molecule has 0 heterocycles. The molecule has 0 aromatic rings. The van der Waals surface area contributed by atoms with E-state index in [1.54, 1.807) is 0 Å². The van der Waals surface area contributed by atoms with Gasteiger partial charge in [0.05, 0.1) is 18.8 Å². The SMILES string of the molecule is CC(C)CC1(OCCO)CC1. The lowest BCUT2D eigenvalue weighted by molar-refractivity contribution is -0.000805. The van der Waals surface area contributed by atoms with Crippen LogP contribution in [-0.4, -0.2) is 23.9 Å². The van der Waals surface area contributed by atoms with Crippen molar-refractivity contribution in [2.45, 2.75) is 38.7 Å². The van der Waals surface area contributed by atoms with Crippen LogP contribution in [0.5, 0.6) is 0 Å². The van der Waals surface area contributed by atoms with Gasteiger partial charge in [0.25, 0.3) is 0 Å². The van der Waals surface area contributed by atoms with Gasteiger partial charge in [0, 0.05) is 0 Å². The number of hydrogen-bond donors (Lipinski definition) is 1. The molecular formula is C9H18O2. The summed E-state index contributed by atoms with van der Waals surface area (Å²) in [4.78, 5) is 0. The van der Waals surface area contributed by atoms with Crippen LogP contribution in [0.4, 0.5) is 0 Å². The van der Waals surface area contributed by atoms with E-state index < -0.39 is 0 Å². The van der Waals surface area contributed by atoms with E-state index in [9.17, 15) is 0 Å². The quantitative estimate of drug-likeness (QED) is 0.658. The third kappa shape index (κ3) is 2.80. The first-order chi connectivity index (χ1) is 5.18. The van der Waals surface area contributed by atoms with Crippen LogP contribution in [0.3, 0.4) is 0 Å². The van der Waals surface area contributed by atoms with Gasteiger partial charge in [-0.05, 0) is 25.2 Å². The fraction of sp³-hybridized carbons (Fsp3) is 1.00. The lowest BCUT2D eigenvalue weighted by atomic mass is 10.0. The Morgan fingerprint density at radius 2 is 2.09 bits per heavy atom. The van der Waals surface area contributed by atoms with Crippen LogP contribution in [0, 0.1) is 5.92 Å². The van der Waals surface area contributed by atoms with E-state index in [0.29, 0.717) is 12.5 Å². The molecule has 1 N–H and O–H groups in total. The second kappa shape index (κ2) is 3.55. The second-order valence-electron chi connectivity index (χ2n) is 3.85. The molecule has 2 heteroatoms. The van der Waals surface area contributed by atoms with Crippen LogP contribution in [0.15, 0.2) is 0 Å². The third-order valence-corrected chi connectivity index (χ3v) is 2.09. The normalized spacial score (nSPS) is 20.7. The first kappa shape index (κ1) is 9.01.